The lowest BCUT2D eigenvalue weighted by Gasteiger charge is -2.32. The summed E-state index contributed by atoms with van der Waals surface area (Å²) < 4.78 is 0. The third kappa shape index (κ3) is 4.47. The molecule has 0 N–H and O–H groups in total. The normalized spacial score (nSPS) is 17.9. The maximum absolute atomic E-state index is 12.2. The molecule has 1 aromatic heterocycles. The number of likely N-dealkylation sites (tertiary alicyclic amines) is 1. The second-order valence-electron chi connectivity index (χ2n) is 7.30. The maximum Gasteiger partial charge on any atom is 0.256 e. The van der Waals surface area contributed by atoms with Gasteiger partial charge in [0.05, 0.1) is 11.3 Å². The van der Waals surface area contributed by atoms with Crippen LogP contribution in [0.1, 0.15) is 46.2 Å². The van der Waals surface area contributed by atoms with Crippen LogP contribution < -0.4 is 0 Å². The molecule has 0 bridgehead atoms. The van der Waals surface area contributed by atoms with E-state index >= 15 is 0 Å². The predicted octanol–water partition coefficient (Wildman–Crippen LogP) is 2.91. The lowest BCUT2D eigenvalue weighted by atomic mass is 9.96. The molecule has 1 atom stereocenters. The van der Waals surface area contributed by atoms with Gasteiger partial charge in [-0.25, -0.2) is 9.97 Å². The highest BCUT2D eigenvalue weighted by Gasteiger charge is 2.24. The number of piperidine rings is 1. The van der Waals surface area contributed by atoms with E-state index < -0.39 is 0 Å². The van der Waals surface area contributed by atoms with Crippen molar-refractivity contribution in [3.8, 4) is 0 Å². The van der Waals surface area contributed by atoms with Gasteiger partial charge in [0.25, 0.3) is 5.91 Å². The Hall–Kier alpha value is -2.27. The fourth-order valence-corrected chi connectivity index (χ4v) is 3.53. The molecule has 1 amide bonds. The number of aromatic nitrogens is 2. The highest BCUT2D eigenvalue weighted by Crippen LogP contribution is 2.25. The molecule has 0 unspecified atom stereocenters. The van der Waals surface area contributed by atoms with Crippen LogP contribution in [0.25, 0.3) is 0 Å². The molecule has 5 nitrogen and oxygen atoms in total. The number of benzene rings is 1. The van der Waals surface area contributed by atoms with Crippen LogP contribution >= 0.6 is 0 Å². The molecule has 0 radical (unpaired) electrons. The van der Waals surface area contributed by atoms with Crippen molar-refractivity contribution in [2.75, 3.05) is 33.7 Å². The zero-order valence-electron chi connectivity index (χ0n) is 16.0. The zero-order valence-corrected chi connectivity index (χ0v) is 16.0. The Labute approximate surface area is 156 Å². The summed E-state index contributed by atoms with van der Waals surface area (Å²) in [6, 6.07) is 10.6. The highest BCUT2D eigenvalue weighted by molar-refractivity contribution is 5.94. The first kappa shape index (κ1) is 18.5. The van der Waals surface area contributed by atoms with Gasteiger partial charge < -0.3 is 9.80 Å². The Kier molecular flexibility index (Phi) is 5.99. The third-order valence-electron chi connectivity index (χ3n) is 5.06. The summed E-state index contributed by atoms with van der Waals surface area (Å²) in [5.74, 6) is 1.19. The number of rotatable bonds is 5. The molecule has 2 heterocycles. The number of aryl methyl sites for hydroxylation is 1. The van der Waals surface area contributed by atoms with E-state index in [1.54, 1.807) is 25.2 Å². The van der Waals surface area contributed by atoms with Gasteiger partial charge in [-0.2, -0.15) is 0 Å². The largest absolute Gasteiger partial charge is 0.345 e. The van der Waals surface area contributed by atoms with Crippen LogP contribution in [0.4, 0.5) is 0 Å². The van der Waals surface area contributed by atoms with Gasteiger partial charge in [0, 0.05) is 39.3 Å². The molecule has 1 fully saturated rings. The average molecular weight is 352 g/mol. The Balaban J connectivity index is 1.64. The van der Waals surface area contributed by atoms with Crippen molar-refractivity contribution in [1.29, 1.82) is 0 Å². The highest BCUT2D eigenvalue weighted by atomic mass is 16.2. The van der Waals surface area contributed by atoms with Crippen LogP contribution in [0, 0.1) is 6.92 Å². The number of hydrogen-bond donors (Lipinski definition) is 0. The van der Waals surface area contributed by atoms with Crippen LogP contribution in [0.5, 0.6) is 0 Å². The van der Waals surface area contributed by atoms with E-state index in [-0.39, 0.29) is 5.91 Å². The second-order valence-corrected chi connectivity index (χ2v) is 7.30. The molecule has 3 rings (SSSR count). The van der Waals surface area contributed by atoms with Crippen LogP contribution in [0.2, 0.25) is 0 Å². The van der Waals surface area contributed by atoms with Gasteiger partial charge in [0.1, 0.15) is 5.82 Å². The van der Waals surface area contributed by atoms with Gasteiger partial charge in [-0.15, -0.1) is 0 Å². The van der Waals surface area contributed by atoms with Crippen molar-refractivity contribution >= 4 is 5.91 Å². The Morgan fingerprint density at radius 1 is 1.27 bits per heavy atom. The molecule has 26 heavy (non-hydrogen) atoms. The van der Waals surface area contributed by atoms with E-state index in [0.29, 0.717) is 11.5 Å². The van der Waals surface area contributed by atoms with Gasteiger partial charge >= 0.3 is 0 Å². The van der Waals surface area contributed by atoms with Crippen molar-refractivity contribution in [1.82, 2.24) is 19.8 Å². The van der Waals surface area contributed by atoms with E-state index in [9.17, 15) is 4.79 Å². The van der Waals surface area contributed by atoms with Crippen molar-refractivity contribution in [3.63, 3.8) is 0 Å². The Bertz CT molecular complexity index is 745. The molecule has 0 saturated carbocycles. The number of carbonyl (C=O) groups excluding carboxylic acids is 1. The predicted molar refractivity (Wildman–Crippen MR) is 103 cm³/mol. The van der Waals surface area contributed by atoms with E-state index in [2.05, 4.69) is 45.2 Å². The Morgan fingerprint density at radius 2 is 2.04 bits per heavy atom. The molecule has 1 aliphatic heterocycles. The first-order valence-corrected chi connectivity index (χ1v) is 9.36. The van der Waals surface area contributed by atoms with Crippen LogP contribution in [0.15, 0.2) is 36.5 Å². The lowest BCUT2D eigenvalue weighted by Crippen LogP contribution is -2.36. The lowest BCUT2D eigenvalue weighted by molar-refractivity contribution is 0.0826. The Morgan fingerprint density at radius 3 is 2.73 bits per heavy atom. The molecule has 1 aliphatic rings. The fourth-order valence-electron chi connectivity index (χ4n) is 3.53. The first-order valence-electron chi connectivity index (χ1n) is 9.36. The van der Waals surface area contributed by atoms with Crippen LogP contribution in [-0.2, 0) is 6.42 Å². The number of nitrogens with zero attached hydrogens (tertiary/aromatic N) is 4. The first-order chi connectivity index (χ1) is 12.5. The van der Waals surface area contributed by atoms with Crippen LogP contribution in [-0.4, -0.2) is 59.4 Å². The molecular formula is C21H28N4O. The quantitative estimate of drug-likeness (QED) is 0.830. The summed E-state index contributed by atoms with van der Waals surface area (Å²) in [4.78, 5) is 25.4. The SMILES string of the molecule is Cc1nc([C@@H]2CCCN(CCc3ccccc3)C2)ncc1C(=O)N(C)C. The van der Waals surface area contributed by atoms with Crippen molar-refractivity contribution in [3.05, 3.63) is 59.2 Å². The summed E-state index contributed by atoms with van der Waals surface area (Å²) in [6.07, 6.45) is 5.05. The molecular weight excluding hydrogens is 324 g/mol. The van der Waals surface area contributed by atoms with Gasteiger partial charge in [-0.05, 0) is 38.3 Å². The number of hydrogen-bond acceptors (Lipinski definition) is 4. The topological polar surface area (TPSA) is 49.3 Å². The van der Waals surface area contributed by atoms with Crippen molar-refractivity contribution < 1.29 is 4.79 Å². The smallest absolute Gasteiger partial charge is 0.256 e. The minimum absolute atomic E-state index is 0.0396. The minimum atomic E-state index is -0.0396. The molecule has 1 aromatic carbocycles. The minimum Gasteiger partial charge on any atom is -0.345 e. The van der Waals surface area contributed by atoms with Gasteiger partial charge in [0.2, 0.25) is 0 Å². The standard InChI is InChI=1S/C21H28N4O/c1-16-19(21(26)24(2)3)14-22-20(23-16)18-10-7-12-25(15-18)13-11-17-8-5-4-6-9-17/h4-6,8-9,14,18H,7,10-13,15H2,1-3H3/t18-/m1/s1. The monoisotopic (exact) mass is 352 g/mol. The summed E-state index contributed by atoms with van der Waals surface area (Å²) in [6.45, 7) is 5.10. The molecule has 138 valence electrons. The van der Waals surface area contributed by atoms with E-state index in [1.807, 2.05) is 6.92 Å². The van der Waals surface area contributed by atoms with E-state index in [4.69, 9.17) is 0 Å². The van der Waals surface area contributed by atoms with Gasteiger partial charge in [0.15, 0.2) is 0 Å². The van der Waals surface area contributed by atoms with Crippen molar-refractivity contribution in [2.45, 2.75) is 32.1 Å². The van der Waals surface area contributed by atoms with E-state index in [1.165, 1.54) is 12.0 Å². The number of carbonyl (C=O) groups is 1. The zero-order chi connectivity index (χ0) is 18.5. The second kappa shape index (κ2) is 8.41. The third-order valence-corrected chi connectivity index (χ3v) is 5.06. The average Bonchev–Trinajstić information content (AvgIpc) is 2.67. The molecule has 2 aromatic rings. The van der Waals surface area contributed by atoms with Gasteiger partial charge in [-0.3, -0.25) is 4.79 Å². The fraction of sp³-hybridized carbons (Fsp3) is 0.476. The summed E-state index contributed by atoms with van der Waals surface area (Å²) in [5, 5.41) is 0. The van der Waals surface area contributed by atoms with Crippen molar-refractivity contribution in [2.24, 2.45) is 0 Å². The van der Waals surface area contributed by atoms with Crippen LogP contribution in [0.3, 0.4) is 0 Å². The van der Waals surface area contributed by atoms with E-state index in [0.717, 1.165) is 44.0 Å². The molecule has 1 saturated heterocycles. The molecule has 0 spiro atoms. The summed E-state index contributed by atoms with van der Waals surface area (Å²) in [5.41, 5.74) is 2.75. The molecule has 0 aliphatic carbocycles. The number of amides is 1. The maximum atomic E-state index is 12.2. The summed E-state index contributed by atoms with van der Waals surface area (Å²) >= 11 is 0. The van der Waals surface area contributed by atoms with Gasteiger partial charge in [-0.1, -0.05) is 30.3 Å². The molecule has 5 heteroatoms. The summed E-state index contributed by atoms with van der Waals surface area (Å²) in [7, 11) is 3.50.